The topological polar surface area (TPSA) is 89.3 Å². The number of carbonyl (C=O) groups excluding carboxylic acids is 1. The smallest absolute Gasteiger partial charge is 0.238 e. The summed E-state index contributed by atoms with van der Waals surface area (Å²) in [5.74, 6) is -0.0846. The molecule has 1 aromatic rings. The van der Waals surface area contributed by atoms with E-state index in [1.807, 2.05) is 6.92 Å². The van der Waals surface area contributed by atoms with Crippen molar-refractivity contribution in [2.45, 2.75) is 31.2 Å². The van der Waals surface area contributed by atoms with Crippen LogP contribution in [0.2, 0.25) is 0 Å². The Labute approximate surface area is 101 Å². The second kappa shape index (κ2) is 5.29. The summed E-state index contributed by atoms with van der Waals surface area (Å²) in [5, 5.41) is 7.74. The molecule has 17 heavy (non-hydrogen) atoms. The number of primary sulfonamides is 1. The third kappa shape index (κ3) is 4.54. The van der Waals surface area contributed by atoms with Crippen LogP contribution in [-0.2, 0) is 21.2 Å². The van der Waals surface area contributed by atoms with Crippen molar-refractivity contribution in [1.29, 1.82) is 0 Å². The minimum atomic E-state index is -3.64. The lowest BCUT2D eigenvalue weighted by molar-refractivity contribution is -0.119. The lowest BCUT2D eigenvalue weighted by Gasteiger charge is -2.12. The maximum absolute atomic E-state index is 11.0. The van der Waals surface area contributed by atoms with Crippen molar-refractivity contribution in [3.63, 3.8) is 0 Å². The van der Waals surface area contributed by atoms with Gasteiger partial charge in [0.2, 0.25) is 15.9 Å². The molecule has 0 radical (unpaired) electrons. The van der Waals surface area contributed by atoms with Gasteiger partial charge in [0.1, 0.15) is 0 Å². The van der Waals surface area contributed by atoms with Gasteiger partial charge in [-0.25, -0.2) is 13.6 Å². The molecule has 6 heteroatoms. The highest BCUT2D eigenvalue weighted by Gasteiger charge is 2.08. The largest absolute Gasteiger partial charge is 0.354 e. The van der Waals surface area contributed by atoms with Crippen LogP contribution in [0.25, 0.3) is 0 Å². The van der Waals surface area contributed by atoms with Gasteiger partial charge >= 0.3 is 0 Å². The van der Waals surface area contributed by atoms with Crippen LogP contribution in [0.5, 0.6) is 0 Å². The fourth-order valence-electron chi connectivity index (χ4n) is 1.57. The first-order chi connectivity index (χ1) is 7.79. The van der Waals surface area contributed by atoms with E-state index < -0.39 is 10.0 Å². The Bertz CT molecular complexity index is 494. The first-order valence-corrected chi connectivity index (χ1v) is 6.72. The van der Waals surface area contributed by atoms with Crippen LogP contribution in [0.15, 0.2) is 29.2 Å². The molecule has 0 bridgehead atoms. The third-order valence-electron chi connectivity index (χ3n) is 2.24. The van der Waals surface area contributed by atoms with Gasteiger partial charge in [0.05, 0.1) is 4.90 Å². The van der Waals surface area contributed by atoms with Gasteiger partial charge in [-0.05, 0) is 31.0 Å². The minimum Gasteiger partial charge on any atom is -0.354 e. The van der Waals surface area contributed by atoms with E-state index in [1.165, 1.54) is 19.1 Å². The highest BCUT2D eigenvalue weighted by molar-refractivity contribution is 7.89. The quantitative estimate of drug-likeness (QED) is 0.817. The Morgan fingerprint density at radius 1 is 1.35 bits per heavy atom. The average Bonchev–Trinajstić information content (AvgIpc) is 2.15. The van der Waals surface area contributed by atoms with Gasteiger partial charge in [0.15, 0.2) is 0 Å². The van der Waals surface area contributed by atoms with E-state index >= 15 is 0 Å². The molecule has 0 heterocycles. The van der Waals surface area contributed by atoms with Gasteiger partial charge in [-0.2, -0.15) is 0 Å². The predicted molar refractivity (Wildman–Crippen MR) is 64.8 cm³/mol. The Balaban J connectivity index is 2.72. The summed E-state index contributed by atoms with van der Waals surface area (Å²) in [6, 6.07) is 6.32. The number of hydrogen-bond acceptors (Lipinski definition) is 3. The van der Waals surface area contributed by atoms with E-state index in [4.69, 9.17) is 5.14 Å². The maximum atomic E-state index is 11.0. The highest BCUT2D eigenvalue weighted by Crippen LogP contribution is 2.10. The van der Waals surface area contributed by atoms with Crippen molar-refractivity contribution in [3.05, 3.63) is 29.8 Å². The molecule has 0 aliphatic rings. The van der Waals surface area contributed by atoms with E-state index in [0.717, 1.165) is 5.56 Å². The molecule has 0 fully saturated rings. The van der Waals surface area contributed by atoms with E-state index in [2.05, 4.69) is 5.32 Å². The molecule has 0 aliphatic carbocycles. The van der Waals surface area contributed by atoms with Crippen molar-refractivity contribution in [2.24, 2.45) is 5.14 Å². The third-order valence-corrected chi connectivity index (χ3v) is 3.17. The number of amides is 1. The standard InChI is InChI=1S/C11H16N2O3S/c1-8(13-9(2)14)7-10-3-5-11(6-4-10)17(12,15)16/h3-6,8H,7H2,1-2H3,(H,13,14)(H2,12,15,16). The number of benzene rings is 1. The molecule has 0 spiro atoms. The number of rotatable bonds is 4. The zero-order chi connectivity index (χ0) is 13.1. The number of nitrogens with two attached hydrogens (primary N) is 1. The highest BCUT2D eigenvalue weighted by atomic mass is 32.2. The SMILES string of the molecule is CC(=O)NC(C)Cc1ccc(S(N)(=O)=O)cc1. The van der Waals surface area contributed by atoms with Crippen molar-refractivity contribution >= 4 is 15.9 Å². The molecule has 1 aromatic carbocycles. The first-order valence-electron chi connectivity index (χ1n) is 5.18. The monoisotopic (exact) mass is 256 g/mol. The molecule has 1 unspecified atom stereocenters. The second-order valence-electron chi connectivity index (χ2n) is 3.99. The van der Waals surface area contributed by atoms with Crippen LogP contribution in [-0.4, -0.2) is 20.4 Å². The number of carbonyl (C=O) groups is 1. The van der Waals surface area contributed by atoms with Gasteiger partial charge in [-0.3, -0.25) is 4.79 Å². The van der Waals surface area contributed by atoms with Crippen molar-refractivity contribution in [1.82, 2.24) is 5.32 Å². The van der Waals surface area contributed by atoms with E-state index in [1.54, 1.807) is 12.1 Å². The van der Waals surface area contributed by atoms with Crippen molar-refractivity contribution in [2.75, 3.05) is 0 Å². The minimum absolute atomic E-state index is 0.00725. The molecule has 0 aliphatic heterocycles. The van der Waals surface area contributed by atoms with Gasteiger partial charge in [-0.1, -0.05) is 12.1 Å². The predicted octanol–water partition coefficient (Wildman–Crippen LogP) is 0.401. The molecular formula is C11H16N2O3S. The molecule has 5 nitrogen and oxygen atoms in total. The van der Waals surface area contributed by atoms with Gasteiger partial charge < -0.3 is 5.32 Å². The van der Waals surface area contributed by atoms with E-state index in [-0.39, 0.29) is 16.8 Å². The number of nitrogens with one attached hydrogen (secondary N) is 1. The summed E-state index contributed by atoms with van der Waals surface area (Å²) in [6.07, 6.45) is 0.643. The normalized spacial score (nSPS) is 13.1. The summed E-state index contributed by atoms with van der Waals surface area (Å²) >= 11 is 0. The van der Waals surface area contributed by atoms with Crippen LogP contribution in [0.3, 0.4) is 0 Å². The molecule has 0 aromatic heterocycles. The fourth-order valence-corrected chi connectivity index (χ4v) is 2.08. The maximum Gasteiger partial charge on any atom is 0.238 e. The first kappa shape index (κ1) is 13.7. The Hall–Kier alpha value is -1.40. The Morgan fingerprint density at radius 3 is 2.29 bits per heavy atom. The average molecular weight is 256 g/mol. The van der Waals surface area contributed by atoms with Crippen molar-refractivity contribution < 1.29 is 13.2 Å². The van der Waals surface area contributed by atoms with E-state index in [9.17, 15) is 13.2 Å². The Morgan fingerprint density at radius 2 is 1.88 bits per heavy atom. The fraction of sp³-hybridized carbons (Fsp3) is 0.364. The van der Waals surface area contributed by atoms with Crippen LogP contribution in [0.1, 0.15) is 19.4 Å². The molecule has 94 valence electrons. The number of sulfonamides is 1. The summed E-state index contributed by atoms with van der Waals surface area (Å²) in [4.78, 5) is 10.9. The van der Waals surface area contributed by atoms with Gasteiger partial charge in [0.25, 0.3) is 0 Å². The molecule has 3 N–H and O–H groups in total. The number of hydrogen-bond donors (Lipinski definition) is 2. The molecule has 1 rings (SSSR count). The van der Waals surface area contributed by atoms with Crippen molar-refractivity contribution in [3.8, 4) is 0 Å². The van der Waals surface area contributed by atoms with Crippen LogP contribution in [0, 0.1) is 0 Å². The second-order valence-corrected chi connectivity index (χ2v) is 5.56. The summed E-state index contributed by atoms with van der Waals surface area (Å²) < 4.78 is 22.1. The van der Waals surface area contributed by atoms with Crippen LogP contribution >= 0.6 is 0 Å². The van der Waals surface area contributed by atoms with Gasteiger partial charge in [0, 0.05) is 13.0 Å². The zero-order valence-electron chi connectivity index (χ0n) is 9.80. The lowest BCUT2D eigenvalue weighted by Crippen LogP contribution is -2.32. The van der Waals surface area contributed by atoms with E-state index in [0.29, 0.717) is 6.42 Å². The molecule has 0 saturated heterocycles. The molecule has 0 saturated carbocycles. The van der Waals surface area contributed by atoms with Crippen LogP contribution in [0.4, 0.5) is 0 Å². The summed E-state index contributed by atoms with van der Waals surface area (Å²) in [6.45, 7) is 3.34. The van der Waals surface area contributed by atoms with Crippen LogP contribution < -0.4 is 10.5 Å². The Kier molecular flexibility index (Phi) is 4.25. The molecule has 1 atom stereocenters. The molecule has 1 amide bonds. The van der Waals surface area contributed by atoms with Gasteiger partial charge in [-0.15, -0.1) is 0 Å². The molecular weight excluding hydrogens is 240 g/mol. The lowest BCUT2D eigenvalue weighted by atomic mass is 10.1. The summed E-state index contributed by atoms with van der Waals surface area (Å²) in [5.41, 5.74) is 0.943. The zero-order valence-corrected chi connectivity index (χ0v) is 10.6. The summed E-state index contributed by atoms with van der Waals surface area (Å²) in [7, 11) is -3.64.